The van der Waals surface area contributed by atoms with Gasteiger partial charge in [0.25, 0.3) is 10.0 Å². The molecule has 2 aromatic rings. The number of benzene rings is 2. The summed E-state index contributed by atoms with van der Waals surface area (Å²) in [6.07, 6.45) is 0.659. The molecule has 0 bridgehead atoms. The molecule has 1 aliphatic rings. The highest BCUT2D eigenvalue weighted by Gasteiger charge is 2.32. The van der Waals surface area contributed by atoms with Crippen molar-refractivity contribution in [3.63, 3.8) is 0 Å². The van der Waals surface area contributed by atoms with Gasteiger partial charge < -0.3 is 5.11 Å². The first kappa shape index (κ1) is 15.6. The van der Waals surface area contributed by atoms with Crippen molar-refractivity contribution in [3.8, 4) is 0 Å². The van der Waals surface area contributed by atoms with E-state index in [1.807, 2.05) is 12.1 Å². The average Bonchev–Trinajstić information content (AvgIpc) is 2.91. The lowest BCUT2D eigenvalue weighted by Gasteiger charge is -2.21. The van der Waals surface area contributed by atoms with Gasteiger partial charge in [-0.05, 0) is 49.1 Å². The number of rotatable bonds is 3. The lowest BCUT2D eigenvalue weighted by Crippen LogP contribution is -2.30. The second kappa shape index (κ2) is 5.38. The van der Waals surface area contributed by atoms with E-state index >= 15 is 0 Å². The van der Waals surface area contributed by atoms with E-state index in [1.54, 1.807) is 32.0 Å². The fourth-order valence-corrected chi connectivity index (χ4v) is 4.76. The van der Waals surface area contributed by atoms with Crippen molar-refractivity contribution < 1.29 is 18.3 Å². The smallest absolute Gasteiger partial charge is 0.335 e. The third-order valence-corrected chi connectivity index (χ3v) is 6.12. The fraction of sp³-hybridized carbons (Fsp3) is 0.235. The summed E-state index contributed by atoms with van der Waals surface area (Å²) in [6.45, 7) is 3.73. The van der Waals surface area contributed by atoms with Crippen LogP contribution in [0.15, 0.2) is 41.3 Å². The molecule has 1 aliphatic heterocycles. The van der Waals surface area contributed by atoms with Crippen LogP contribution in [0.4, 0.5) is 5.69 Å². The molecule has 0 saturated carbocycles. The van der Waals surface area contributed by atoms with Crippen LogP contribution in [0.3, 0.4) is 0 Å². The van der Waals surface area contributed by atoms with E-state index in [1.165, 1.54) is 10.4 Å². The van der Waals surface area contributed by atoms with Gasteiger partial charge in [-0.3, -0.25) is 4.31 Å². The molecule has 0 saturated heterocycles. The highest BCUT2D eigenvalue weighted by Crippen LogP contribution is 2.34. The van der Waals surface area contributed by atoms with Crippen LogP contribution in [0.5, 0.6) is 0 Å². The minimum atomic E-state index is -3.79. The predicted octanol–water partition coefficient (Wildman–Crippen LogP) is 2.75. The third-order valence-electron chi connectivity index (χ3n) is 4.16. The first-order valence-corrected chi connectivity index (χ1v) is 8.71. The minimum Gasteiger partial charge on any atom is -0.478 e. The van der Waals surface area contributed by atoms with Crippen LogP contribution < -0.4 is 4.31 Å². The second-order valence-corrected chi connectivity index (χ2v) is 7.52. The van der Waals surface area contributed by atoms with Crippen molar-refractivity contribution in [3.05, 3.63) is 58.7 Å². The maximum atomic E-state index is 13.0. The summed E-state index contributed by atoms with van der Waals surface area (Å²) in [5, 5.41) is 9.26. The van der Waals surface area contributed by atoms with Crippen LogP contribution in [0.25, 0.3) is 0 Å². The number of fused-ring (bicyclic) bond motifs is 1. The average molecular weight is 331 g/mol. The van der Waals surface area contributed by atoms with Gasteiger partial charge in [-0.15, -0.1) is 0 Å². The van der Waals surface area contributed by atoms with Crippen LogP contribution in [0.1, 0.15) is 27.0 Å². The Morgan fingerprint density at radius 3 is 2.52 bits per heavy atom. The molecule has 0 spiro atoms. The number of hydrogen-bond acceptors (Lipinski definition) is 3. The summed E-state index contributed by atoms with van der Waals surface area (Å²) in [4.78, 5) is 11.4. The molecule has 0 atom stereocenters. The molecule has 0 unspecified atom stereocenters. The topological polar surface area (TPSA) is 74.7 Å². The molecule has 3 rings (SSSR count). The van der Waals surface area contributed by atoms with Crippen LogP contribution in [0, 0.1) is 13.8 Å². The molecule has 1 heterocycles. The monoisotopic (exact) mass is 331 g/mol. The van der Waals surface area contributed by atoms with E-state index in [0.29, 0.717) is 29.8 Å². The van der Waals surface area contributed by atoms with Gasteiger partial charge in [-0.2, -0.15) is 0 Å². The second-order valence-electron chi connectivity index (χ2n) is 5.69. The SMILES string of the molecule is Cc1cc(C)c(S(=O)(=O)N2CCc3ccccc32)cc1C(=O)O. The Labute approximate surface area is 135 Å². The van der Waals surface area contributed by atoms with Crippen molar-refractivity contribution in [2.45, 2.75) is 25.2 Å². The Kier molecular flexibility index (Phi) is 3.64. The van der Waals surface area contributed by atoms with E-state index in [9.17, 15) is 18.3 Å². The fourth-order valence-electron chi connectivity index (χ4n) is 3.02. The Bertz CT molecular complexity index is 903. The Hall–Kier alpha value is -2.34. The molecule has 2 aromatic carbocycles. The van der Waals surface area contributed by atoms with Gasteiger partial charge in [0.05, 0.1) is 16.1 Å². The van der Waals surface area contributed by atoms with Gasteiger partial charge in [0.15, 0.2) is 0 Å². The van der Waals surface area contributed by atoms with Crippen LogP contribution in [-0.2, 0) is 16.4 Å². The summed E-state index contributed by atoms with van der Waals surface area (Å²) >= 11 is 0. The van der Waals surface area contributed by atoms with Crippen LogP contribution in [0.2, 0.25) is 0 Å². The number of carboxylic acid groups (broad SMARTS) is 1. The minimum absolute atomic E-state index is 0.0154. The van der Waals surface area contributed by atoms with Gasteiger partial charge in [0.1, 0.15) is 0 Å². The highest BCUT2D eigenvalue weighted by atomic mass is 32.2. The molecule has 5 nitrogen and oxygen atoms in total. The number of sulfonamides is 1. The Morgan fingerprint density at radius 1 is 1.13 bits per heavy atom. The van der Waals surface area contributed by atoms with E-state index in [-0.39, 0.29) is 10.5 Å². The number of aryl methyl sites for hydroxylation is 2. The van der Waals surface area contributed by atoms with Crippen molar-refractivity contribution in [1.82, 2.24) is 0 Å². The maximum Gasteiger partial charge on any atom is 0.335 e. The number of para-hydroxylation sites is 1. The normalized spacial score (nSPS) is 13.9. The zero-order valence-corrected chi connectivity index (χ0v) is 13.7. The lowest BCUT2D eigenvalue weighted by atomic mass is 10.1. The number of anilines is 1. The van der Waals surface area contributed by atoms with E-state index in [4.69, 9.17) is 0 Å². The molecule has 6 heteroatoms. The van der Waals surface area contributed by atoms with Gasteiger partial charge in [0.2, 0.25) is 0 Å². The molecular formula is C17H17NO4S. The molecule has 0 amide bonds. The summed E-state index contributed by atoms with van der Waals surface area (Å²) in [5.74, 6) is -1.12. The number of nitrogens with zero attached hydrogens (tertiary/aromatic N) is 1. The van der Waals surface area contributed by atoms with Gasteiger partial charge in [0, 0.05) is 6.54 Å². The van der Waals surface area contributed by atoms with Crippen molar-refractivity contribution in [2.24, 2.45) is 0 Å². The van der Waals surface area contributed by atoms with Crippen LogP contribution >= 0.6 is 0 Å². The van der Waals surface area contributed by atoms with E-state index < -0.39 is 16.0 Å². The molecule has 0 fully saturated rings. The predicted molar refractivity (Wildman–Crippen MR) is 87.6 cm³/mol. The zero-order valence-electron chi connectivity index (χ0n) is 12.9. The highest BCUT2D eigenvalue weighted by molar-refractivity contribution is 7.93. The summed E-state index contributed by atoms with van der Waals surface area (Å²) in [5.41, 5.74) is 2.78. The number of hydrogen-bond donors (Lipinski definition) is 1. The summed E-state index contributed by atoms with van der Waals surface area (Å²) in [6, 6.07) is 10.3. The van der Waals surface area contributed by atoms with Crippen LogP contribution in [-0.4, -0.2) is 26.0 Å². The van der Waals surface area contributed by atoms with Gasteiger partial charge in [-0.25, -0.2) is 13.2 Å². The molecular weight excluding hydrogens is 314 g/mol. The first-order chi connectivity index (χ1) is 10.8. The lowest BCUT2D eigenvalue weighted by molar-refractivity contribution is 0.0696. The molecule has 23 heavy (non-hydrogen) atoms. The van der Waals surface area contributed by atoms with Crippen molar-refractivity contribution in [2.75, 3.05) is 10.8 Å². The quantitative estimate of drug-likeness (QED) is 0.938. The van der Waals surface area contributed by atoms with Crippen molar-refractivity contribution in [1.29, 1.82) is 0 Å². The first-order valence-electron chi connectivity index (χ1n) is 7.27. The zero-order chi connectivity index (χ0) is 16.8. The largest absolute Gasteiger partial charge is 0.478 e. The molecule has 0 aliphatic carbocycles. The molecule has 120 valence electrons. The molecule has 0 radical (unpaired) electrons. The summed E-state index contributed by atoms with van der Waals surface area (Å²) < 4.78 is 27.4. The van der Waals surface area contributed by atoms with E-state index in [2.05, 4.69) is 0 Å². The maximum absolute atomic E-state index is 13.0. The van der Waals surface area contributed by atoms with Gasteiger partial charge in [-0.1, -0.05) is 24.3 Å². The standard InChI is InChI=1S/C17H17NO4S/c1-11-9-12(2)16(10-14(11)17(19)20)23(21,22)18-8-7-13-5-3-4-6-15(13)18/h3-6,9-10H,7-8H2,1-2H3,(H,19,20). The van der Waals surface area contributed by atoms with E-state index in [0.717, 1.165) is 5.56 Å². The van der Waals surface area contributed by atoms with Crippen molar-refractivity contribution >= 4 is 21.7 Å². The Morgan fingerprint density at radius 2 is 1.83 bits per heavy atom. The Balaban J connectivity index is 2.15. The number of carboxylic acids is 1. The molecule has 0 aromatic heterocycles. The number of carbonyl (C=O) groups is 1. The third kappa shape index (κ3) is 2.49. The van der Waals surface area contributed by atoms with Gasteiger partial charge >= 0.3 is 5.97 Å². The summed E-state index contributed by atoms with van der Waals surface area (Å²) in [7, 11) is -3.79. The molecule has 1 N–H and O–H groups in total. The number of aromatic carboxylic acids is 1.